The van der Waals surface area contributed by atoms with Gasteiger partial charge in [0, 0.05) is 41.6 Å². The van der Waals surface area contributed by atoms with Gasteiger partial charge in [0.05, 0.1) is 6.61 Å². The second-order valence-corrected chi connectivity index (χ2v) is 7.81. The summed E-state index contributed by atoms with van der Waals surface area (Å²) in [4.78, 5) is 28.2. The zero-order valence-electron chi connectivity index (χ0n) is 14.4. The second kappa shape index (κ2) is 7.80. The molecule has 2 amide bonds. The van der Waals surface area contributed by atoms with E-state index in [1.165, 1.54) is 0 Å². The number of piperidine rings is 2. The van der Waals surface area contributed by atoms with Crippen LogP contribution in [0, 0.1) is 5.92 Å². The number of nitrogens with zero attached hydrogens (tertiary/aromatic N) is 2. The number of likely N-dealkylation sites (tertiary alicyclic amines) is 2. The van der Waals surface area contributed by atoms with Crippen molar-refractivity contribution in [2.24, 2.45) is 5.92 Å². The molecule has 2 atom stereocenters. The molecule has 2 aliphatic rings. The highest BCUT2D eigenvalue weighted by Crippen LogP contribution is 2.26. The summed E-state index contributed by atoms with van der Waals surface area (Å²) in [6.45, 7) is 8.36. The quantitative estimate of drug-likeness (QED) is 0.738. The summed E-state index contributed by atoms with van der Waals surface area (Å²) in [6.07, 6.45) is 2.97. The van der Waals surface area contributed by atoms with Crippen LogP contribution in [0.5, 0.6) is 0 Å². The molecule has 0 spiro atoms. The van der Waals surface area contributed by atoms with Crippen molar-refractivity contribution in [2.75, 3.05) is 26.2 Å². The first kappa shape index (κ1) is 18.5. The summed E-state index contributed by atoms with van der Waals surface area (Å²) in [6, 6.07) is 0.249. The monoisotopic (exact) mass is 344 g/mol. The Labute approximate surface area is 141 Å². The van der Waals surface area contributed by atoms with Crippen molar-refractivity contribution in [3.8, 4) is 0 Å². The highest BCUT2D eigenvalue weighted by atomic mass is 31.0. The van der Waals surface area contributed by atoms with Crippen LogP contribution < -0.4 is 0 Å². The maximum absolute atomic E-state index is 12.3. The Morgan fingerprint density at radius 3 is 2.39 bits per heavy atom. The predicted octanol–water partition coefficient (Wildman–Crippen LogP) is 2.43. The van der Waals surface area contributed by atoms with Gasteiger partial charge in [0.1, 0.15) is 5.60 Å². The van der Waals surface area contributed by atoms with Gasteiger partial charge < -0.3 is 19.1 Å². The molecule has 0 aromatic carbocycles. The molecule has 2 saturated heterocycles. The molecule has 2 heterocycles. The summed E-state index contributed by atoms with van der Waals surface area (Å²) in [7, 11) is 2.25. The predicted molar refractivity (Wildman–Crippen MR) is 90.9 cm³/mol. The molecular formula is C16H29N2O4P. The topological polar surface area (TPSA) is 59.1 Å². The van der Waals surface area contributed by atoms with Crippen LogP contribution in [-0.2, 0) is 14.1 Å². The molecule has 0 N–H and O–H groups in total. The molecule has 2 rings (SSSR count). The van der Waals surface area contributed by atoms with Gasteiger partial charge in [-0.1, -0.05) is 0 Å². The molecule has 2 fully saturated rings. The minimum Gasteiger partial charge on any atom is -0.444 e. The van der Waals surface area contributed by atoms with Crippen LogP contribution in [0.4, 0.5) is 4.79 Å². The second-order valence-electron chi connectivity index (χ2n) is 7.48. The Balaban J connectivity index is 1.81. The third kappa shape index (κ3) is 5.32. The number of carbonyl (C=O) groups is 2. The van der Waals surface area contributed by atoms with Crippen LogP contribution in [0.2, 0.25) is 0 Å². The number of ether oxygens (including phenoxy) is 1. The molecule has 0 aromatic rings. The zero-order chi connectivity index (χ0) is 17.0. The van der Waals surface area contributed by atoms with E-state index in [9.17, 15) is 9.59 Å². The molecule has 23 heavy (non-hydrogen) atoms. The van der Waals surface area contributed by atoms with Gasteiger partial charge in [-0.3, -0.25) is 4.79 Å². The van der Waals surface area contributed by atoms with Gasteiger partial charge in [0.15, 0.2) is 0 Å². The maximum Gasteiger partial charge on any atom is 0.410 e. The normalized spacial score (nSPS) is 24.0. The van der Waals surface area contributed by atoms with Crippen LogP contribution in [0.3, 0.4) is 0 Å². The molecule has 0 bridgehead atoms. The van der Waals surface area contributed by atoms with E-state index in [2.05, 4.69) is 9.47 Å². The molecule has 2 aliphatic heterocycles. The van der Waals surface area contributed by atoms with Gasteiger partial charge in [0.25, 0.3) is 0 Å². The van der Waals surface area contributed by atoms with E-state index < -0.39 is 5.60 Å². The average Bonchev–Trinajstić information content (AvgIpc) is 2.46. The largest absolute Gasteiger partial charge is 0.444 e. The van der Waals surface area contributed by atoms with Crippen molar-refractivity contribution in [1.29, 1.82) is 0 Å². The van der Waals surface area contributed by atoms with Crippen molar-refractivity contribution in [1.82, 2.24) is 9.80 Å². The van der Waals surface area contributed by atoms with Gasteiger partial charge in [-0.15, -0.1) is 0 Å². The lowest BCUT2D eigenvalue weighted by Gasteiger charge is -2.41. The molecule has 0 aromatic heterocycles. The first-order valence-corrected chi connectivity index (χ1v) is 8.86. The summed E-state index contributed by atoms with van der Waals surface area (Å²) >= 11 is 0. The van der Waals surface area contributed by atoms with Crippen LogP contribution in [0.1, 0.15) is 46.5 Å². The SMILES string of the molecule is CC(C)(C)OC(=O)N1CCC(N2CCC(COP)CC2=O)CC1. The number of hydrogen-bond donors (Lipinski definition) is 0. The highest BCUT2D eigenvalue weighted by molar-refractivity contribution is 7.09. The third-order valence-electron chi connectivity index (χ3n) is 4.45. The number of amides is 2. The van der Waals surface area contributed by atoms with E-state index >= 15 is 0 Å². The minimum absolute atomic E-state index is 0.221. The van der Waals surface area contributed by atoms with Crippen molar-refractivity contribution < 1.29 is 18.8 Å². The Kier molecular flexibility index (Phi) is 6.26. The zero-order valence-corrected chi connectivity index (χ0v) is 15.6. The fourth-order valence-corrected chi connectivity index (χ4v) is 3.54. The Bertz CT molecular complexity index is 430. The lowest BCUT2D eigenvalue weighted by atomic mass is 9.93. The number of hydrogen-bond acceptors (Lipinski definition) is 4. The van der Waals surface area contributed by atoms with E-state index in [4.69, 9.17) is 9.26 Å². The molecule has 7 heteroatoms. The lowest BCUT2D eigenvalue weighted by Crippen LogP contribution is -2.52. The number of rotatable bonds is 3. The minimum atomic E-state index is -0.467. The lowest BCUT2D eigenvalue weighted by molar-refractivity contribution is -0.139. The first-order chi connectivity index (χ1) is 10.8. The molecular weight excluding hydrogens is 315 g/mol. The average molecular weight is 344 g/mol. The Hall–Kier alpha value is -0.870. The molecule has 0 saturated carbocycles. The molecule has 6 nitrogen and oxygen atoms in total. The summed E-state index contributed by atoms with van der Waals surface area (Å²) in [5, 5.41) is 0. The third-order valence-corrected chi connectivity index (χ3v) is 4.64. The smallest absolute Gasteiger partial charge is 0.410 e. The van der Waals surface area contributed by atoms with Crippen molar-refractivity contribution >= 4 is 21.5 Å². The summed E-state index contributed by atoms with van der Waals surface area (Å²) in [5.41, 5.74) is -0.467. The molecule has 0 aliphatic carbocycles. The first-order valence-electron chi connectivity index (χ1n) is 8.39. The van der Waals surface area contributed by atoms with Gasteiger partial charge in [-0.25, -0.2) is 4.79 Å². The van der Waals surface area contributed by atoms with Crippen LogP contribution >= 0.6 is 9.47 Å². The van der Waals surface area contributed by atoms with E-state index in [0.717, 1.165) is 25.8 Å². The van der Waals surface area contributed by atoms with Crippen molar-refractivity contribution in [2.45, 2.75) is 58.1 Å². The van der Waals surface area contributed by atoms with Gasteiger partial charge in [-0.05, 0) is 46.0 Å². The van der Waals surface area contributed by atoms with Crippen molar-refractivity contribution in [3.63, 3.8) is 0 Å². The van der Waals surface area contributed by atoms with Crippen LogP contribution in [-0.4, -0.2) is 59.7 Å². The van der Waals surface area contributed by atoms with Crippen LogP contribution in [0.25, 0.3) is 0 Å². The van der Waals surface area contributed by atoms with E-state index in [0.29, 0.717) is 32.0 Å². The van der Waals surface area contributed by atoms with Gasteiger partial charge in [-0.2, -0.15) is 0 Å². The fourth-order valence-electron chi connectivity index (χ4n) is 3.26. The molecule has 132 valence electrons. The van der Waals surface area contributed by atoms with E-state index in [1.54, 1.807) is 4.90 Å². The molecule has 0 radical (unpaired) electrons. The van der Waals surface area contributed by atoms with Gasteiger partial charge >= 0.3 is 6.09 Å². The highest BCUT2D eigenvalue weighted by Gasteiger charge is 2.34. The summed E-state index contributed by atoms with van der Waals surface area (Å²) < 4.78 is 10.5. The summed E-state index contributed by atoms with van der Waals surface area (Å²) in [5.74, 6) is 0.553. The maximum atomic E-state index is 12.3. The Morgan fingerprint density at radius 1 is 1.22 bits per heavy atom. The molecule has 2 unspecified atom stereocenters. The fraction of sp³-hybridized carbons (Fsp3) is 0.875. The van der Waals surface area contributed by atoms with Gasteiger partial charge in [0.2, 0.25) is 5.91 Å². The van der Waals surface area contributed by atoms with Crippen LogP contribution in [0.15, 0.2) is 0 Å². The number of carbonyl (C=O) groups excluding carboxylic acids is 2. The van der Waals surface area contributed by atoms with E-state index in [-0.39, 0.29) is 18.0 Å². The van der Waals surface area contributed by atoms with Crippen molar-refractivity contribution in [3.05, 3.63) is 0 Å². The Morgan fingerprint density at radius 2 is 1.87 bits per heavy atom. The van der Waals surface area contributed by atoms with E-state index in [1.807, 2.05) is 25.7 Å². The standard InChI is InChI=1S/C16H29N2O4P/c1-16(2,3)22-15(20)17-7-5-13(6-8-17)18-9-4-12(11-21-23)10-14(18)19/h12-13H,4-11,23H2,1-3H3.